The summed E-state index contributed by atoms with van der Waals surface area (Å²) in [7, 11) is -2.39. The lowest BCUT2D eigenvalue weighted by Gasteiger charge is -2.31. The van der Waals surface area contributed by atoms with Crippen LogP contribution < -0.4 is 5.32 Å². The molecule has 2 heterocycles. The minimum absolute atomic E-state index is 0.0179. The number of carbonyl (C=O) groups excluding carboxylic acids is 2. The number of sulfonamides is 1. The molecule has 1 aromatic heterocycles. The first-order valence-corrected chi connectivity index (χ1v) is 12.4. The second kappa shape index (κ2) is 9.82. The average molecular weight is 500 g/mol. The van der Waals surface area contributed by atoms with Crippen LogP contribution in [0, 0.1) is 25.6 Å². The number of aromatic nitrogens is 1. The van der Waals surface area contributed by atoms with Crippen LogP contribution in [0.1, 0.15) is 41.5 Å². The fraction of sp³-hybridized carbons (Fsp3) is 0.455. The van der Waals surface area contributed by atoms with Gasteiger partial charge in [-0.1, -0.05) is 11.6 Å². The van der Waals surface area contributed by atoms with Crippen LogP contribution in [-0.2, 0) is 26.6 Å². The van der Waals surface area contributed by atoms with E-state index in [1.165, 1.54) is 16.4 Å². The standard InChI is InChI=1S/C22H27ClFN3O5S/c1-5-32-22(29)19-13(2)26(4)14(3)20(19)33(30,31)27-10-6-7-15(12-27)21(28)25-16-8-9-18(24)17(23)11-16/h8-9,11,15H,5-7,10,12H2,1-4H3,(H,25,28). The molecule has 1 saturated heterocycles. The van der Waals surface area contributed by atoms with E-state index in [9.17, 15) is 22.4 Å². The molecule has 0 saturated carbocycles. The Morgan fingerprint density at radius 2 is 1.97 bits per heavy atom. The summed E-state index contributed by atoms with van der Waals surface area (Å²) in [6, 6.07) is 3.83. The summed E-state index contributed by atoms with van der Waals surface area (Å²) in [6.07, 6.45) is 0.964. The van der Waals surface area contributed by atoms with Gasteiger partial charge in [-0.05, 0) is 51.8 Å². The summed E-state index contributed by atoms with van der Waals surface area (Å²) in [5.74, 6) is -2.30. The van der Waals surface area contributed by atoms with Crippen molar-refractivity contribution < 1.29 is 27.1 Å². The van der Waals surface area contributed by atoms with Gasteiger partial charge in [0.25, 0.3) is 0 Å². The van der Waals surface area contributed by atoms with Crippen molar-refractivity contribution in [3.8, 4) is 0 Å². The van der Waals surface area contributed by atoms with Crippen molar-refractivity contribution in [2.75, 3.05) is 25.0 Å². The van der Waals surface area contributed by atoms with Gasteiger partial charge in [-0.3, -0.25) is 4.79 Å². The Labute approximate surface area is 197 Å². The third-order valence-corrected chi connectivity index (χ3v) is 8.26. The van der Waals surface area contributed by atoms with Crippen LogP contribution in [0.5, 0.6) is 0 Å². The predicted molar refractivity (Wildman–Crippen MR) is 122 cm³/mol. The maximum absolute atomic E-state index is 13.6. The second-order valence-corrected chi connectivity index (χ2v) is 10.3. The van der Waals surface area contributed by atoms with Crippen LogP contribution in [0.3, 0.4) is 0 Å². The number of amides is 1. The van der Waals surface area contributed by atoms with Gasteiger partial charge in [0.2, 0.25) is 15.9 Å². The van der Waals surface area contributed by atoms with E-state index in [0.29, 0.717) is 29.9 Å². The minimum Gasteiger partial charge on any atom is -0.462 e. The molecule has 0 spiro atoms. The van der Waals surface area contributed by atoms with Gasteiger partial charge >= 0.3 is 5.97 Å². The quantitative estimate of drug-likeness (QED) is 0.612. The number of hydrogen-bond acceptors (Lipinski definition) is 5. The maximum Gasteiger partial charge on any atom is 0.341 e. The van der Waals surface area contributed by atoms with Gasteiger partial charge in [0.1, 0.15) is 16.3 Å². The lowest BCUT2D eigenvalue weighted by atomic mass is 9.99. The first-order chi connectivity index (χ1) is 15.5. The molecule has 11 heteroatoms. The zero-order chi connectivity index (χ0) is 24.5. The monoisotopic (exact) mass is 499 g/mol. The van der Waals surface area contributed by atoms with Gasteiger partial charge in [-0.25, -0.2) is 17.6 Å². The maximum atomic E-state index is 13.6. The number of anilines is 1. The largest absolute Gasteiger partial charge is 0.462 e. The van der Waals surface area contributed by atoms with E-state index in [2.05, 4.69) is 5.32 Å². The second-order valence-electron chi connectivity index (χ2n) is 7.97. The van der Waals surface area contributed by atoms with Crippen LogP contribution in [0.4, 0.5) is 10.1 Å². The van der Waals surface area contributed by atoms with Gasteiger partial charge in [-0.15, -0.1) is 0 Å². The first-order valence-electron chi connectivity index (χ1n) is 10.6. The number of esters is 1. The molecule has 1 aliphatic heterocycles. The number of hydrogen-bond donors (Lipinski definition) is 1. The number of rotatable bonds is 6. The lowest BCUT2D eigenvalue weighted by Crippen LogP contribution is -2.44. The van der Waals surface area contributed by atoms with Crippen LogP contribution >= 0.6 is 11.6 Å². The van der Waals surface area contributed by atoms with E-state index in [1.807, 2.05) is 0 Å². The highest BCUT2D eigenvalue weighted by Gasteiger charge is 2.39. The van der Waals surface area contributed by atoms with Crippen molar-refractivity contribution in [3.63, 3.8) is 0 Å². The third kappa shape index (κ3) is 4.92. The number of nitrogens with zero attached hydrogens (tertiary/aromatic N) is 2. The topological polar surface area (TPSA) is 97.7 Å². The molecule has 1 amide bonds. The Hall–Kier alpha value is -2.43. The van der Waals surface area contributed by atoms with E-state index < -0.39 is 27.7 Å². The average Bonchev–Trinajstić information content (AvgIpc) is 3.01. The molecule has 1 aromatic carbocycles. The molecule has 1 fully saturated rings. The van der Waals surface area contributed by atoms with Crippen molar-refractivity contribution in [1.29, 1.82) is 0 Å². The molecule has 1 N–H and O–H groups in total. The van der Waals surface area contributed by atoms with Crippen LogP contribution in [0.15, 0.2) is 23.1 Å². The van der Waals surface area contributed by atoms with E-state index in [-0.39, 0.29) is 41.1 Å². The van der Waals surface area contributed by atoms with Crippen LogP contribution in [-0.4, -0.2) is 48.9 Å². The number of carbonyl (C=O) groups is 2. The van der Waals surface area contributed by atoms with Gasteiger partial charge in [0.15, 0.2) is 0 Å². The van der Waals surface area contributed by atoms with E-state index >= 15 is 0 Å². The molecule has 0 bridgehead atoms. The molecular formula is C22H27ClFN3O5S. The normalized spacial score (nSPS) is 17.1. The minimum atomic E-state index is -4.08. The number of halogens is 2. The van der Waals surface area contributed by atoms with E-state index in [0.717, 1.165) is 6.07 Å². The third-order valence-electron chi connectivity index (χ3n) is 5.94. The van der Waals surface area contributed by atoms with Gasteiger partial charge < -0.3 is 14.6 Å². The van der Waals surface area contributed by atoms with E-state index in [4.69, 9.17) is 16.3 Å². The molecular weight excluding hydrogens is 473 g/mol. The van der Waals surface area contributed by atoms with Crippen molar-refractivity contribution in [2.45, 2.75) is 38.5 Å². The van der Waals surface area contributed by atoms with Crippen LogP contribution in [0.2, 0.25) is 5.02 Å². The molecule has 1 atom stereocenters. The molecule has 1 aliphatic rings. The number of piperidine rings is 1. The molecule has 0 aliphatic carbocycles. The molecule has 3 rings (SSSR count). The predicted octanol–water partition coefficient (Wildman–Crippen LogP) is 3.65. The Kier molecular flexibility index (Phi) is 7.50. The SMILES string of the molecule is CCOC(=O)c1c(S(=O)(=O)N2CCCC(C(=O)Nc3ccc(F)c(Cl)c3)C2)c(C)n(C)c1C. The summed E-state index contributed by atoms with van der Waals surface area (Å²) in [5.41, 5.74) is 1.25. The van der Waals surface area contributed by atoms with Crippen molar-refractivity contribution in [3.05, 3.63) is 46.0 Å². The summed E-state index contributed by atoms with van der Waals surface area (Å²) in [6.45, 7) is 5.25. The van der Waals surface area contributed by atoms with Gasteiger partial charge in [-0.2, -0.15) is 4.31 Å². The lowest BCUT2D eigenvalue weighted by molar-refractivity contribution is -0.120. The molecule has 8 nitrogen and oxygen atoms in total. The zero-order valence-corrected chi connectivity index (χ0v) is 20.5. The Balaban J connectivity index is 1.88. The molecule has 2 aromatic rings. The highest BCUT2D eigenvalue weighted by molar-refractivity contribution is 7.89. The zero-order valence-electron chi connectivity index (χ0n) is 18.9. The Morgan fingerprint density at radius 1 is 1.27 bits per heavy atom. The smallest absolute Gasteiger partial charge is 0.341 e. The Bertz CT molecular complexity index is 1200. The summed E-state index contributed by atoms with van der Waals surface area (Å²) in [5, 5.41) is 2.55. The summed E-state index contributed by atoms with van der Waals surface area (Å²) >= 11 is 5.77. The fourth-order valence-electron chi connectivity index (χ4n) is 4.00. The van der Waals surface area contributed by atoms with Gasteiger partial charge in [0.05, 0.1) is 17.5 Å². The summed E-state index contributed by atoms with van der Waals surface area (Å²) in [4.78, 5) is 25.3. The number of benzene rings is 1. The highest BCUT2D eigenvalue weighted by atomic mass is 35.5. The molecule has 33 heavy (non-hydrogen) atoms. The fourth-order valence-corrected chi connectivity index (χ4v) is 6.18. The van der Waals surface area contributed by atoms with E-state index in [1.54, 1.807) is 32.4 Å². The first kappa shape index (κ1) is 25.2. The summed E-state index contributed by atoms with van der Waals surface area (Å²) < 4.78 is 48.6. The number of ether oxygens (including phenoxy) is 1. The highest BCUT2D eigenvalue weighted by Crippen LogP contribution is 2.32. The number of nitrogens with one attached hydrogen (secondary N) is 1. The van der Waals surface area contributed by atoms with Crippen molar-refractivity contribution in [1.82, 2.24) is 8.87 Å². The van der Waals surface area contributed by atoms with Gasteiger partial charge in [0, 0.05) is 37.2 Å². The van der Waals surface area contributed by atoms with Crippen molar-refractivity contribution >= 4 is 39.2 Å². The molecule has 1 unspecified atom stereocenters. The van der Waals surface area contributed by atoms with Crippen LogP contribution in [0.25, 0.3) is 0 Å². The van der Waals surface area contributed by atoms with Crippen molar-refractivity contribution in [2.24, 2.45) is 13.0 Å². The Morgan fingerprint density at radius 3 is 2.61 bits per heavy atom. The molecule has 180 valence electrons. The molecule has 0 radical (unpaired) electrons.